The van der Waals surface area contributed by atoms with Crippen molar-refractivity contribution in [2.45, 2.75) is 6.61 Å². The zero-order valence-corrected chi connectivity index (χ0v) is 23.2. The van der Waals surface area contributed by atoms with Crippen LogP contribution in [-0.4, -0.2) is 44.1 Å². The summed E-state index contributed by atoms with van der Waals surface area (Å²) in [6.07, 6.45) is 1.60. The minimum atomic E-state index is -0.267. The summed E-state index contributed by atoms with van der Waals surface area (Å²) in [6.45, 7) is 2.91. The number of carbonyl (C=O) groups excluding carboxylic acids is 1. The van der Waals surface area contributed by atoms with E-state index in [1.54, 1.807) is 24.2 Å². The first-order chi connectivity index (χ1) is 19.1. The van der Waals surface area contributed by atoms with Crippen LogP contribution in [0.4, 0.5) is 5.69 Å². The number of amides is 1. The monoisotopic (exact) mass is 581 g/mol. The molecule has 4 aromatic rings. The number of fused-ring (bicyclic) bond motifs is 1. The highest BCUT2D eigenvalue weighted by Crippen LogP contribution is 2.38. The van der Waals surface area contributed by atoms with Gasteiger partial charge in [0.15, 0.2) is 11.5 Å². The number of para-hydroxylation sites is 1. The van der Waals surface area contributed by atoms with Gasteiger partial charge in [0.25, 0.3) is 5.91 Å². The lowest BCUT2D eigenvalue weighted by atomic mass is 10.1. The van der Waals surface area contributed by atoms with Crippen LogP contribution in [0.1, 0.15) is 11.1 Å². The number of methoxy groups -OCH3 is 1. The van der Waals surface area contributed by atoms with E-state index in [1.807, 2.05) is 48.5 Å². The third-order valence-electron chi connectivity index (χ3n) is 6.85. The fraction of sp³-hybridized carbons (Fsp3) is 0.188. The summed E-state index contributed by atoms with van der Waals surface area (Å²) < 4.78 is 12.5. The van der Waals surface area contributed by atoms with Gasteiger partial charge in [-0.05, 0) is 68.2 Å². The Hall–Kier alpha value is -4.28. The van der Waals surface area contributed by atoms with Crippen LogP contribution in [-0.2, 0) is 11.4 Å². The standard InChI is InChI=1S/C32H28BrN3O3/c1-38-30-20-23(19-29(33)31(30)39-22-25-10-7-9-24-8-5-6-13-28(24)25)18-26(21-34)32(37)36-16-14-35(15-17-36)27-11-3-2-4-12-27/h2-13,18-20H,14-17,22H2,1H3/b26-18+. The molecule has 1 fully saturated rings. The van der Waals surface area contributed by atoms with Crippen molar-refractivity contribution in [2.24, 2.45) is 0 Å². The van der Waals surface area contributed by atoms with E-state index < -0.39 is 0 Å². The minimum Gasteiger partial charge on any atom is -0.493 e. The first-order valence-corrected chi connectivity index (χ1v) is 13.5. The largest absolute Gasteiger partial charge is 0.493 e. The molecular formula is C32H28BrN3O3. The minimum absolute atomic E-state index is 0.0848. The van der Waals surface area contributed by atoms with Gasteiger partial charge in [-0.2, -0.15) is 5.26 Å². The molecule has 6 nitrogen and oxygen atoms in total. The molecule has 1 aliphatic rings. The number of benzene rings is 4. The number of rotatable bonds is 7. The normalized spacial score (nSPS) is 13.7. The topological polar surface area (TPSA) is 65.8 Å². The van der Waals surface area contributed by atoms with Gasteiger partial charge in [0.05, 0.1) is 11.6 Å². The van der Waals surface area contributed by atoms with E-state index in [-0.39, 0.29) is 11.5 Å². The molecule has 1 saturated heterocycles. The van der Waals surface area contributed by atoms with Crippen LogP contribution in [0, 0.1) is 11.3 Å². The van der Waals surface area contributed by atoms with Gasteiger partial charge in [-0.1, -0.05) is 60.7 Å². The van der Waals surface area contributed by atoms with Crippen LogP contribution in [0.5, 0.6) is 11.5 Å². The Labute approximate surface area is 236 Å². The van der Waals surface area contributed by atoms with E-state index in [9.17, 15) is 10.1 Å². The molecule has 4 aromatic carbocycles. The molecule has 39 heavy (non-hydrogen) atoms. The molecule has 0 aliphatic carbocycles. The van der Waals surface area contributed by atoms with Crippen molar-refractivity contribution < 1.29 is 14.3 Å². The zero-order chi connectivity index (χ0) is 27.2. The molecular weight excluding hydrogens is 554 g/mol. The Morgan fingerprint density at radius 2 is 1.69 bits per heavy atom. The van der Waals surface area contributed by atoms with Gasteiger partial charge < -0.3 is 19.3 Å². The Morgan fingerprint density at radius 3 is 2.44 bits per heavy atom. The maximum absolute atomic E-state index is 13.2. The first-order valence-electron chi connectivity index (χ1n) is 12.8. The molecule has 196 valence electrons. The summed E-state index contributed by atoms with van der Waals surface area (Å²) in [5.74, 6) is 0.804. The fourth-order valence-corrected chi connectivity index (χ4v) is 5.39. The van der Waals surface area contributed by atoms with Crippen LogP contribution in [0.2, 0.25) is 0 Å². The van der Waals surface area contributed by atoms with Crippen LogP contribution in [0.25, 0.3) is 16.8 Å². The number of carbonyl (C=O) groups is 1. The molecule has 5 rings (SSSR count). The smallest absolute Gasteiger partial charge is 0.264 e. The Bertz CT molecular complexity index is 1550. The highest BCUT2D eigenvalue weighted by molar-refractivity contribution is 9.10. The molecule has 0 N–H and O–H groups in total. The van der Waals surface area contributed by atoms with E-state index in [0.717, 1.165) is 35.1 Å². The summed E-state index contributed by atoms with van der Waals surface area (Å²) in [5, 5.41) is 12.1. The molecule has 0 atom stereocenters. The van der Waals surface area contributed by atoms with E-state index in [1.165, 1.54) is 0 Å². The summed E-state index contributed by atoms with van der Waals surface area (Å²) in [4.78, 5) is 17.2. The first kappa shape index (κ1) is 26.3. The van der Waals surface area contributed by atoms with Gasteiger partial charge in [-0.25, -0.2) is 0 Å². The number of nitriles is 1. The van der Waals surface area contributed by atoms with Crippen LogP contribution in [0.15, 0.2) is 95.0 Å². The van der Waals surface area contributed by atoms with E-state index >= 15 is 0 Å². The quantitative estimate of drug-likeness (QED) is 0.185. The molecule has 0 saturated carbocycles. The number of nitrogens with zero attached hydrogens (tertiary/aromatic N) is 3. The van der Waals surface area contributed by atoms with E-state index in [0.29, 0.717) is 41.2 Å². The zero-order valence-electron chi connectivity index (χ0n) is 21.6. The molecule has 1 amide bonds. The molecule has 0 radical (unpaired) electrons. The highest BCUT2D eigenvalue weighted by atomic mass is 79.9. The second-order valence-corrected chi connectivity index (χ2v) is 10.1. The van der Waals surface area contributed by atoms with Gasteiger partial charge in [0.2, 0.25) is 0 Å². The van der Waals surface area contributed by atoms with Gasteiger partial charge in [0.1, 0.15) is 18.2 Å². The number of hydrogen-bond acceptors (Lipinski definition) is 5. The average Bonchev–Trinajstić information content (AvgIpc) is 2.99. The predicted molar refractivity (Wildman–Crippen MR) is 158 cm³/mol. The Morgan fingerprint density at radius 1 is 0.974 bits per heavy atom. The van der Waals surface area contributed by atoms with Gasteiger partial charge >= 0.3 is 0 Å². The van der Waals surface area contributed by atoms with E-state index in [4.69, 9.17) is 9.47 Å². The molecule has 1 heterocycles. The predicted octanol–water partition coefficient (Wildman–Crippen LogP) is 6.45. The fourth-order valence-electron chi connectivity index (χ4n) is 4.82. The second-order valence-electron chi connectivity index (χ2n) is 9.25. The number of anilines is 1. The van der Waals surface area contributed by atoms with Crippen molar-refractivity contribution in [3.05, 3.63) is 106 Å². The lowest BCUT2D eigenvalue weighted by Crippen LogP contribution is -2.49. The summed E-state index contributed by atoms with van der Waals surface area (Å²) in [7, 11) is 1.57. The van der Waals surface area contributed by atoms with E-state index in [2.05, 4.69) is 57.2 Å². The maximum Gasteiger partial charge on any atom is 0.264 e. The SMILES string of the molecule is COc1cc(/C=C(\C#N)C(=O)N2CCN(c3ccccc3)CC2)cc(Br)c1OCc1cccc2ccccc12. The van der Waals surface area contributed by atoms with Crippen LogP contribution in [0.3, 0.4) is 0 Å². The lowest BCUT2D eigenvalue weighted by molar-refractivity contribution is -0.126. The number of halogens is 1. The molecule has 0 aromatic heterocycles. The number of piperazine rings is 1. The highest BCUT2D eigenvalue weighted by Gasteiger charge is 2.24. The Balaban J connectivity index is 1.31. The molecule has 0 bridgehead atoms. The van der Waals surface area contributed by atoms with Gasteiger partial charge in [-0.3, -0.25) is 4.79 Å². The third-order valence-corrected chi connectivity index (χ3v) is 7.44. The van der Waals surface area contributed by atoms with Crippen molar-refractivity contribution >= 4 is 44.4 Å². The lowest BCUT2D eigenvalue weighted by Gasteiger charge is -2.36. The van der Waals surface area contributed by atoms with Crippen molar-refractivity contribution in [1.82, 2.24) is 4.90 Å². The van der Waals surface area contributed by atoms with Crippen molar-refractivity contribution in [3.63, 3.8) is 0 Å². The van der Waals surface area contributed by atoms with Crippen LogP contribution >= 0.6 is 15.9 Å². The van der Waals surface area contributed by atoms with Crippen molar-refractivity contribution in [3.8, 4) is 17.6 Å². The number of ether oxygens (including phenoxy) is 2. The average molecular weight is 582 g/mol. The molecule has 1 aliphatic heterocycles. The van der Waals surface area contributed by atoms with Gasteiger partial charge in [0, 0.05) is 31.9 Å². The summed E-state index contributed by atoms with van der Waals surface area (Å²) in [6, 6.07) is 30.2. The molecule has 0 spiro atoms. The summed E-state index contributed by atoms with van der Waals surface area (Å²) >= 11 is 3.60. The molecule has 0 unspecified atom stereocenters. The van der Waals surface area contributed by atoms with Crippen LogP contribution < -0.4 is 14.4 Å². The third kappa shape index (κ3) is 5.92. The maximum atomic E-state index is 13.2. The summed E-state index contributed by atoms with van der Waals surface area (Å²) in [5.41, 5.74) is 2.96. The second kappa shape index (κ2) is 12.1. The van der Waals surface area contributed by atoms with Crippen molar-refractivity contribution in [1.29, 1.82) is 5.26 Å². The van der Waals surface area contributed by atoms with Crippen molar-refractivity contribution in [2.75, 3.05) is 38.2 Å². The Kier molecular flexibility index (Phi) is 8.14. The van der Waals surface area contributed by atoms with Gasteiger partial charge in [-0.15, -0.1) is 0 Å². The molecule has 7 heteroatoms. The number of hydrogen-bond donors (Lipinski definition) is 0.